The quantitative estimate of drug-likeness (QED) is 0.408. The van der Waals surface area contributed by atoms with Gasteiger partial charge in [0.15, 0.2) is 0 Å². The average molecular weight is 497 g/mol. The van der Waals surface area contributed by atoms with Crippen LogP contribution >= 0.6 is 22.9 Å². The van der Waals surface area contributed by atoms with Crippen LogP contribution in [0.3, 0.4) is 0 Å². The monoisotopic (exact) mass is 496 g/mol. The fourth-order valence-electron chi connectivity index (χ4n) is 4.50. The number of hydrogen-bond donors (Lipinski definition) is 1. The molecule has 2 aromatic carbocycles. The van der Waals surface area contributed by atoms with Gasteiger partial charge in [-0.2, -0.15) is 0 Å². The number of rotatable bonds is 9. The standard InChI is InChI=1S/C27H29ClN2O3S/c1-33-24-15-7-2-9-19(24)18-30(25(31)17-21-12-8-16-34-21)26(22-13-5-6-14-23(22)28)27(32)29-20-10-3-4-11-20/h2,5-9,12-16,20,26H,3-4,10-11,17-18H2,1H3,(H,29,32)/t26-/m1/s1. The zero-order chi connectivity index (χ0) is 23.9. The Morgan fingerprint density at radius 3 is 2.53 bits per heavy atom. The van der Waals surface area contributed by atoms with Crippen LogP contribution in [-0.4, -0.2) is 29.9 Å². The smallest absolute Gasteiger partial charge is 0.247 e. The lowest BCUT2D eigenvalue weighted by molar-refractivity contribution is -0.141. The van der Waals surface area contributed by atoms with Gasteiger partial charge in [0, 0.05) is 27.1 Å². The molecule has 0 radical (unpaired) electrons. The highest BCUT2D eigenvalue weighted by molar-refractivity contribution is 7.10. The minimum Gasteiger partial charge on any atom is -0.496 e. The van der Waals surface area contributed by atoms with Crippen molar-refractivity contribution in [3.63, 3.8) is 0 Å². The van der Waals surface area contributed by atoms with Crippen molar-refractivity contribution < 1.29 is 14.3 Å². The molecule has 0 aliphatic heterocycles. The Bertz CT molecular complexity index is 1110. The van der Waals surface area contributed by atoms with Crippen molar-refractivity contribution in [3.8, 4) is 5.75 Å². The van der Waals surface area contributed by atoms with Crippen molar-refractivity contribution >= 4 is 34.8 Å². The average Bonchev–Trinajstić information content (AvgIpc) is 3.54. The van der Waals surface area contributed by atoms with Gasteiger partial charge < -0.3 is 15.0 Å². The maximum atomic E-state index is 13.8. The molecule has 1 saturated carbocycles. The number of carbonyl (C=O) groups excluding carboxylic acids is 2. The largest absolute Gasteiger partial charge is 0.496 e. The Labute approximate surface area is 209 Å². The molecule has 0 unspecified atom stereocenters. The fourth-order valence-corrected chi connectivity index (χ4v) is 5.44. The van der Waals surface area contributed by atoms with Crippen molar-refractivity contribution in [2.45, 2.75) is 50.7 Å². The van der Waals surface area contributed by atoms with E-state index in [1.54, 1.807) is 18.1 Å². The number of hydrogen-bond acceptors (Lipinski definition) is 4. The fraction of sp³-hybridized carbons (Fsp3) is 0.333. The van der Waals surface area contributed by atoms with Crippen molar-refractivity contribution in [1.82, 2.24) is 10.2 Å². The van der Waals surface area contributed by atoms with Crippen LogP contribution in [0.15, 0.2) is 66.0 Å². The first kappa shape index (κ1) is 24.3. The molecule has 0 spiro atoms. The van der Waals surface area contributed by atoms with Crippen LogP contribution in [0.4, 0.5) is 0 Å². The van der Waals surface area contributed by atoms with Gasteiger partial charge >= 0.3 is 0 Å². The van der Waals surface area contributed by atoms with E-state index in [0.717, 1.165) is 36.1 Å². The Morgan fingerprint density at radius 2 is 1.82 bits per heavy atom. The number of nitrogens with one attached hydrogen (secondary N) is 1. The summed E-state index contributed by atoms with van der Waals surface area (Å²) in [5.41, 5.74) is 1.45. The third-order valence-electron chi connectivity index (χ3n) is 6.22. The van der Waals surface area contributed by atoms with Gasteiger partial charge in [0.1, 0.15) is 11.8 Å². The molecule has 5 nitrogen and oxygen atoms in total. The van der Waals surface area contributed by atoms with E-state index in [2.05, 4.69) is 5.32 Å². The number of para-hydroxylation sites is 1. The highest BCUT2D eigenvalue weighted by Crippen LogP contribution is 2.32. The summed E-state index contributed by atoms with van der Waals surface area (Å²) in [6, 6.07) is 18.0. The van der Waals surface area contributed by atoms with E-state index >= 15 is 0 Å². The van der Waals surface area contributed by atoms with E-state index in [1.807, 2.05) is 60.0 Å². The Kier molecular flexibility index (Phi) is 8.25. The zero-order valence-electron chi connectivity index (χ0n) is 19.2. The second-order valence-corrected chi connectivity index (χ2v) is 9.94. The Morgan fingerprint density at radius 1 is 1.09 bits per heavy atom. The van der Waals surface area contributed by atoms with Gasteiger partial charge in [0.05, 0.1) is 20.1 Å². The van der Waals surface area contributed by atoms with Crippen LogP contribution in [0.5, 0.6) is 5.75 Å². The molecule has 0 bridgehead atoms. The molecule has 1 heterocycles. The number of halogens is 1. The van der Waals surface area contributed by atoms with E-state index in [1.165, 1.54) is 11.3 Å². The Balaban J connectivity index is 1.74. The Hall–Kier alpha value is -2.83. The van der Waals surface area contributed by atoms with Crippen molar-refractivity contribution in [2.24, 2.45) is 0 Å². The van der Waals surface area contributed by atoms with Gasteiger partial charge in [-0.25, -0.2) is 0 Å². The van der Waals surface area contributed by atoms with Gasteiger partial charge in [-0.15, -0.1) is 11.3 Å². The van der Waals surface area contributed by atoms with E-state index < -0.39 is 6.04 Å². The third-order valence-corrected chi connectivity index (χ3v) is 7.44. The maximum absolute atomic E-state index is 13.8. The normalized spacial score (nSPS) is 14.5. The maximum Gasteiger partial charge on any atom is 0.247 e. The minimum atomic E-state index is -0.855. The minimum absolute atomic E-state index is 0.123. The summed E-state index contributed by atoms with van der Waals surface area (Å²) >= 11 is 8.12. The zero-order valence-corrected chi connectivity index (χ0v) is 20.8. The second-order valence-electron chi connectivity index (χ2n) is 8.50. The van der Waals surface area contributed by atoms with Gasteiger partial charge in [-0.3, -0.25) is 9.59 Å². The molecule has 1 N–H and O–H groups in total. The number of nitrogens with zero attached hydrogens (tertiary/aromatic N) is 1. The molecule has 1 aromatic heterocycles. The molecule has 2 amide bonds. The number of methoxy groups -OCH3 is 1. The lowest BCUT2D eigenvalue weighted by atomic mass is 10.0. The molecule has 7 heteroatoms. The number of benzene rings is 2. The highest BCUT2D eigenvalue weighted by atomic mass is 35.5. The van der Waals surface area contributed by atoms with Gasteiger partial charge in [-0.1, -0.05) is 66.9 Å². The molecule has 178 valence electrons. The number of amides is 2. The predicted molar refractivity (Wildman–Crippen MR) is 136 cm³/mol. The molecular weight excluding hydrogens is 468 g/mol. The molecule has 3 aromatic rings. The van der Waals surface area contributed by atoms with Crippen molar-refractivity contribution in [2.75, 3.05) is 7.11 Å². The number of carbonyl (C=O) groups is 2. The summed E-state index contributed by atoms with van der Waals surface area (Å²) in [5, 5.41) is 5.60. The lowest BCUT2D eigenvalue weighted by Crippen LogP contribution is -2.46. The van der Waals surface area contributed by atoms with Gasteiger partial charge in [0.25, 0.3) is 0 Å². The van der Waals surface area contributed by atoms with Crippen LogP contribution in [0, 0.1) is 0 Å². The molecule has 1 aliphatic rings. The first-order valence-corrected chi connectivity index (χ1v) is 12.8. The summed E-state index contributed by atoms with van der Waals surface area (Å²) in [4.78, 5) is 30.1. The number of thiophene rings is 1. The van der Waals surface area contributed by atoms with Gasteiger partial charge in [-0.05, 0) is 36.4 Å². The summed E-state index contributed by atoms with van der Waals surface area (Å²) < 4.78 is 5.55. The molecule has 4 rings (SSSR count). The first-order valence-electron chi connectivity index (χ1n) is 11.6. The lowest BCUT2D eigenvalue weighted by Gasteiger charge is -2.33. The topological polar surface area (TPSA) is 58.6 Å². The van der Waals surface area contributed by atoms with Gasteiger partial charge in [0.2, 0.25) is 11.8 Å². The van der Waals surface area contributed by atoms with E-state index in [4.69, 9.17) is 16.3 Å². The molecule has 1 aliphatic carbocycles. The van der Waals surface area contributed by atoms with Crippen LogP contribution in [0.2, 0.25) is 5.02 Å². The number of ether oxygens (including phenoxy) is 1. The molecule has 0 saturated heterocycles. The van der Waals surface area contributed by atoms with Crippen molar-refractivity contribution in [3.05, 3.63) is 87.1 Å². The molecule has 1 fully saturated rings. The second kappa shape index (κ2) is 11.5. The van der Waals surface area contributed by atoms with Crippen LogP contribution in [-0.2, 0) is 22.6 Å². The molecule has 1 atom stereocenters. The summed E-state index contributed by atoms with van der Waals surface area (Å²) in [6.45, 7) is 0.224. The van der Waals surface area contributed by atoms with E-state index in [0.29, 0.717) is 16.3 Å². The van der Waals surface area contributed by atoms with E-state index in [-0.39, 0.29) is 30.8 Å². The summed E-state index contributed by atoms with van der Waals surface area (Å²) in [5.74, 6) is 0.333. The predicted octanol–water partition coefficient (Wildman–Crippen LogP) is 5.78. The van der Waals surface area contributed by atoms with Crippen LogP contribution in [0.25, 0.3) is 0 Å². The van der Waals surface area contributed by atoms with E-state index in [9.17, 15) is 9.59 Å². The third kappa shape index (κ3) is 5.80. The van der Waals surface area contributed by atoms with Crippen molar-refractivity contribution in [1.29, 1.82) is 0 Å². The molecular formula is C27H29ClN2O3S. The summed E-state index contributed by atoms with van der Waals surface area (Å²) in [7, 11) is 1.61. The van der Waals surface area contributed by atoms with Crippen LogP contribution in [0.1, 0.15) is 47.7 Å². The summed E-state index contributed by atoms with van der Waals surface area (Å²) in [6.07, 6.45) is 4.33. The van der Waals surface area contributed by atoms with Crippen LogP contribution < -0.4 is 10.1 Å². The highest BCUT2D eigenvalue weighted by Gasteiger charge is 2.35. The molecule has 34 heavy (non-hydrogen) atoms. The SMILES string of the molecule is COc1ccccc1CN(C(=O)Cc1cccs1)[C@@H](C(=O)NC1CCCC1)c1ccccc1Cl. The first-order chi connectivity index (χ1) is 16.6.